The highest BCUT2D eigenvalue weighted by Crippen LogP contribution is 2.35. The topological polar surface area (TPSA) is 119 Å². The molecule has 1 atom stereocenters. The SMILES string of the molecule is O=C(O)c1ccc(N/C=C(\[C@H]2OC(=O)c3ccccc32)[N+](=O)[O-])cc1. The molecule has 0 saturated heterocycles. The van der Waals surface area contributed by atoms with Crippen molar-refractivity contribution >= 4 is 17.6 Å². The monoisotopic (exact) mass is 340 g/mol. The van der Waals surface area contributed by atoms with E-state index in [1.54, 1.807) is 24.3 Å². The Kier molecular flexibility index (Phi) is 4.17. The Hall–Kier alpha value is -3.68. The number of hydrogen-bond donors (Lipinski definition) is 2. The fraction of sp³-hybridized carbons (Fsp3) is 0.0588. The van der Waals surface area contributed by atoms with Gasteiger partial charge in [-0.15, -0.1) is 0 Å². The van der Waals surface area contributed by atoms with Crippen molar-refractivity contribution in [1.82, 2.24) is 0 Å². The van der Waals surface area contributed by atoms with E-state index in [4.69, 9.17) is 9.84 Å². The van der Waals surface area contributed by atoms with Crippen molar-refractivity contribution in [2.24, 2.45) is 0 Å². The molecule has 0 spiro atoms. The van der Waals surface area contributed by atoms with Gasteiger partial charge in [0.15, 0.2) is 0 Å². The number of hydrogen-bond acceptors (Lipinski definition) is 6. The van der Waals surface area contributed by atoms with Gasteiger partial charge < -0.3 is 15.2 Å². The van der Waals surface area contributed by atoms with Gasteiger partial charge in [-0.2, -0.15) is 0 Å². The van der Waals surface area contributed by atoms with Gasteiger partial charge >= 0.3 is 17.6 Å². The average molecular weight is 340 g/mol. The van der Waals surface area contributed by atoms with E-state index in [9.17, 15) is 19.7 Å². The molecule has 0 aromatic heterocycles. The first-order chi connectivity index (χ1) is 12.0. The van der Waals surface area contributed by atoms with Gasteiger partial charge in [0.2, 0.25) is 6.10 Å². The molecule has 126 valence electrons. The highest BCUT2D eigenvalue weighted by atomic mass is 16.6. The maximum absolute atomic E-state index is 11.8. The van der Waals surface area contributed by atoms with Crippen molar-refractivity contribution in [3.05, 3.63) is 87.2 Å². The summed E-state index contributed by atoms with van der Waals surface area (Å²) in [6, 6.07) is 12.2. The molecule has 8 nitrogen and oxygen atoms in total. The van der Waals surface area contributed by atoms with Gasteiger partial charge in [-0.05, 0) is 30.3 Å². The van der Waals surface area contributed by atoms with E-state index >= 15 is 0 Å². The molecule has 0 fully saturated rings. The molecule has 0 radical (unpaired) electrons. The lowest BCUT2D eigenvalue weighted by molar-refractivity contribution is -0.436. The molecular weight excluding hydrogens is 328 g/mol. The third-order valence-electron chi connectivity index (χ3n) is 3.69. The molecule has 1 aliphatic heterocycles. The summed E-state index contributed by atoms with van der Waals surface area (Å²) in [4.78, 5) is 33.4. The van der Waals surface area contributed by atoms with Crippen LogP contribution in [-0.4, -0.2) is 22.0 Å². The van der Waals surface area contributed by atoms with Crippen LogP contribution in [-0.2, 0) is 4.74 Å². The number of cyclic esters (lactones) is 1. The Balaban J connectivity index is 1.87. The first kappa shape index (κ1) is 16.2. The number of carboxylic acids is 1. The Bertz CT molecular complexity index is 888. The lowest BCUT2D eigenvalue weighted by atomic mass is 10.0. The van der Waals surface area contributed by atoms with Gasteiger partial charge in [0.25, 0.3) is 0 Å². The summed E-state index contributed by atoms with van der Waals surface area (Å²) < 4.78 is 5.13. The summed E-state index contributed by atoms with van der Waals surface area (Å²) in [6.45, 7) is 0. The van der Waals surface area contributed by atoms with Crippen molar-refractivity contribution in [1.29, 1.82) is 0 Å². The van der Waals surface area contributed by atoms with Gasteiger partial charge in [-0.3, -0.25) is 10.1 Å². The van der Waals surface area contributed by atoms with Crippen molar-refractivity contribution in [2.45, 2.75) is 6.10 Å². The zero-order valence-corrected chi connectivity index (χ0v) is 12.7. The second-order valence-electron chi connectivity index (χ2n) is 5.23. The van der Waals surface area contributed by atoms with Crippen LogP contribution in [0, 0.1) is 10.1 Å². The molecule has 1 aliphatic rings. The highest BCUT2D eigenvalue weighted by molar-refractivity contribution is 5.94. The van der Waals surface area contributed by atoms with Crippen molar-refractivity contribution in [2.75, 3.05) is 5.32 Å². The molecule has 25 heavy (non-hydrogen) atoms. The number of aromatic carboxylic acids is 1. The largest absolute Gasteiger partial charge is 0.478 e. The number of benzene rings is 2. The van der Waals surface area contributed by atoms with Crippen LogP contribution in [0.25, 0.3) is 0 Å². The van der Waals surface area contributed by atoms with Gasteiger partial charge in [-0.25, -0.2) is 9.59 Å². The number of anilines is 1. The van der Waals surface area contributed by atoms with E-state index < -0.39 is 23.0 Å². The molecule has 0 amide bonds. The minimum atomic E-state index is -1.11. The number of fused-ring (bicyclic) bond motifs is 1. The first-order valence-corrected chi connectivity index (χ1v) is 7.21. The number of nitrogens with zero attached hydrogens (tertiary/aromatic N) is 1. The van der Waals surface area contributed by atoms with Crippen molar-refractivity contribution < 1.29 is 24.4 Å². The molecule has 0 unspecified atom stereocenters. The van der Waals surface area contributed by atoms with Gasteiger partial charge in [0, 0.05) is 11.3 Å². The van der Waals surface area contributed by atoms with Crippen LogP contribution in [0.4, 0.5) is 5.69 Å². The Morgan fingerprint density at radius 2 is 1.88 bits per heavy atom. The predicted octanol–water partition coefficient (Wildman–Crippen LogP) is 2.83. The van der Waals surface area contributed by atoms with Crippen LogP contribution in [0.1, 0.15) is 32.4 Å². The molecule has 2 aromatic rings. The van der Waals surface area contributed by atoms with Crippen LogP contribution < -0.4 is 5.32 Å². The zero-order valence-electron chi connectivity index (χ0n) is 12.7. The number of nitrogens with one attached hydrogen (secondary N) is 1. The van der Waals surface area contributed by atoms with Crippen LogP contribution in [0.5, 0.6) is 0 Å². The maximum Gasteiger partial charge on any atom is 0.339 e. The molecule has 1 heterocycles. The predicted molar refractivity (Wildman–Crippen MR) is 86.7 cm³/mol. The van der Waals surface area contributed by atoms with Crippen molar-refractivity contribution in [3.8, 4) is 0 Å². The fourth-order valence-electron chi connectivity index (χ4n) is 2.46. The number of ether oxygens (including phenoxy) is 1. The minimum absolute atomic E-state index is 0.0997. The Labute approximate surface area is 141 Å². The van der Waals surface area contributed by atoms with Gasteiger partial charge in [-0.1, -0.05) is 18.2 Å². The molecule has 0 bridgehead atoms. The van der Waals surface area contributed by atoms with Crippen LogP contribution in [0.2, 0.25) is 0 Å². The average Bonchev–Trinajstić information content (AvgIpc) is 2.92. The van der Waals surface area contributed by atoms with Crippen LogP contribution in [0.15, 0.2) is 60.4 Å². The number of carboxylic acid groups (broad SMARTS) is 1. The quantitative estimate of drug-likeness (QED) is 0.488. The number of nitro groups is 1. The van der Waals surface area contributed by atoms with Crippen LogP contribution >= 0.6 is 0 Å². The van der Waals surface area contributed by atoms with Gasteiger partial charge in [0.1, 0.15) is 0 Å². The number of carbonyl (C=O) groups is 2. The van der Waals surface area contributed by atoms with E-state index in [0.29, 0.717) is 16.8 Å². The minimum Gasteiger partial charge on any atom is -0.478 e. The van der Waals surface area contributed by atoms with E-state index in [1.807, 2.05) is 0 Å². The highest BCUT2D eigenvalue weighted by Gasteiger charge is 2.39. The van der Waals surface area contributed by atoms with E-state index in [2.05, 4.69) is 5.32 Å². The number of rotatable bonds is 5. The van der Waals surface area contributed by atoms with Crippen molar-refractivity contribution in [3.63, 3.8) is 0 Å². The lowest BCUT2D eigenvalue weighted by Gasteiger charge is -2.09. The Morgan fingerprint density at radius 3 is 2.52 bits per heavy atom. The lowest BCUT2D eigenvalue weighted by Crippen LogP contribution is -2.12. The van der Waals surface area contributed by atoms with Gasteiger partial charge in [0.05, 0.1) is 22.3 Å². The molecular formula is C17H12N2O6. The second kappa shape index (κ2) is 6.44. The fourth-order valence-corrected chi connectivity index (χ4v) is 2.46. The van der Waals surface area contributed by atoms with E-state index in [1.165, 1.54) is 24.3 Å². The molecule has 8 heteroatoms. The maximum atomic E-state index is 11.8. The third-order valence-corrected chi connectivity index (χ3v) is 3.69. The molecule has 0 saturated carbocycles. The summed E-state index contributed by atoms with van der Waals surface area (Å²) in [7, 11) is 0. The molecule has 3 rings (SSSR count). The zero-order chi connectivity index (χ0) is 18.0. The van der Waals surface area contributed by atoms with Crippen LogP contribution in [0.3, 0.4) is 0 Å². The summed E-state index contributed by atoms with van der Waals surface area (Å²) in [6.07, 6.45) is 0.0278. The first-order valence-electron chi connectivity index (χ1n) is 7.21. The summed E-state index contributed by atoms with van der Waals surface area (Å²) in [5.41, 5.74) is 0.954. The smallest absolute Gasteiger partial charge is 0.339 e. The third kappa shape index (κ3) is 3.18. The number of carbonyl (C=O) groups excluding carboxylic acids is 1. The standard InChI is InChI=1S/C17H12N2O6/c20-16(21)10-5-7-11(8-6-10)18-9-14(19(23)24)15-12-3-1-2-4-13(12)17(22)25-15/h1-9,15,18H,(H,20,21)/b14-9+/t15-/m0/s1. The van der Waals surface area contributed by atoms with E-state index in [0.717, 1.165) is 6.20 Å². The summed E-state index contributed by atoms with van der Waals surface area (Å²) in [5.74, 6) is -1.68. The molecule has 0 aliphatic carbocycles. The molecule has 2 N–H and O–H groups in total. The summed E-state index contributed by atoms with van der Waals surface area (Å²) >= 11 is 0. The summed E-state index contributed by atoms with van der Waals surface area (Å²) in [5, 5.41) is 23.0. The van der Waals surface area contributed by atoms with E-state index in [-0.39, 0.29) is 11.3 Å². The molecule has 2 aromatic carbocycles. The second-order valence-corrected chi connectivity index (χ2v) is 5.23. The normalized spacial score (nSPS) is 16.1. The Morgan fingerprint density at radius 1 is 1.20 bits per heavy atom. The number of esters is 1.